The van der Waals surface area contributed by atoms with Gasteiger partial charge in [0.2, 0.25) is 10.0 Å². The predicted octanol–water partition coefficient (Wildman–Crippen LogP) is 2.43. The second-order valence-electron chi connectivity index (χ2n) is 5.52. The maximum Gasteiger partial charge on any atom is 0.307 e. The Morgan fingerprint density at radius 3 is 2.22 bits per heavy atom. The van der Waals surface area contributed by atoms with E-state index in [2.05, 4.69) is 9.46 Å². The second-order valence-corrected chi connectivity index (χ2v) is 7.24. The number of esters is 1. The van der Waals surface area contributed by atoms with Gasteiger partial charge in [0.05, 0.1) is 38.7 Å². The maximum absolute atomic E-state index is 13.1. The normalized spacial score (nSPS) is 12.3. The van der Waals surface area contributed by atoms with Gasteiger partial charge < -0.3 is 14.2 Å². The van der Waals surface area contributed by atoms with Crippen LogP contribution in [0.25, 0.3) is 0 Å². The monoisotopic (exact) mass is 397 g/mol. The van der Waals surface area contributed by atoms with Crippen molar-refractivity contribution in [1.29, 1.82) is 0 Å². The number of ether oxygens (including phenoxy) is 3. The fraction of sp³-hybridized carbons (Fsp3) is 0.278. The molecule has 0 spiro atoms. The van der Waals surface area contributed by atoms with Crippen molar-refractivity contribution in [2.24, 2.45) is 0 Å². The summed E-state index contributed by atoms with van der Waals surface area (Å²) in [6.07, 6.45) is -0.244. The van der Waals surface area contributed by atoms with Crippen LogP contribution in [0.1, 0.15) is 18.0 Å². The van der Waals surface area contributed by atoms with E-state index in [1.165, 1.54) is 21.3 Å². The molecule has 1 atom stereocenters. The van der Waals surface area contributed by atoms with Crippen LogP contribution in [0.5, 0.6) is 11.5 Å². The molecule has 0 aliphatic rings. The number of hydrogen-bond acceptors (Lipinski definition) is 6. The smallest absolute Gasteiger partial charge is 0.307 e. The lowest BCUT2D eigenvalue weighted by molar-refractivity contribution is -0.141. The summed E-state index contributed by atoms with van der Waals surface area (Å²) in [4.78, 5) is 11.7. The van der Waals surface area contributed by atoms with Crippen LogP contribution in [0.3, 0.4) is 0 Å². The third-order valence-corrected chi connectivity index (χ3v) is 5.32. The highest BCUT2D eigenvalue weighted by atomic mass is 32.2. The van der Waals surface area contributed by atoms with Crippen molar-refractivity contribution in [3.8, 4) is 11.5 Å². The molecule has 0 aliphatic heterocycles. The minimum Gasteiger partial charge on any atom is -0.493 e. The minimum atomic E-state index is -4.01. The highest BCUT2D eigenvalue weighted by Crippen LogP contribution is 2.31. The van der Waals surface area contributed by atoms with Gasteiger partial charge in [0.1, 0.15) is 5.82 Å². The van der Waals surface area contributed by atoms with Crippen molar-refractivity contribution in [2.75, 3.05) is 21.3 Å². The molecule has 0 aromatic heterocycles. The molecule has 0 saturated carbocycles. The van der Waals surface area contributed by atoms with Gasteiger partial charge in [-0.3, -0.25) is 4.79 Å². The Morgan fingerprint density at radius 2 is 1.67 bits per heavy atom. The van der Waals surface area contributed by atoms with Crippen LogP contribution in [0.2, 0.25) is 0 Å². The van der Waals surface area contributed by atoms with Gasteiger partial charge in [0, 0.05) is 0 Å². The van der Waals surface area contributed by atoms with E-state index in [4.69, 9.17) is 9.47 Å². The van der Waals surface area contributed by atoms with Gasteiger partial charge in [0.15, 0.2) is 11.5 Å². The third-order valence-electron chi connectivity index (χ3n) is 3.83. The van der Waals surface area contributed by atoms with Gasteiger partial charge in [-0.2, -0.15) is 0 Å². The average Bonchev–Trinajstić information content (AvgIpc) is 2.66. The summed E-state index contributed by atoms with van der Waals surface area (Å²) >= 11 is 0. The number of halogens is 1. The minimum absolute atomic E-state index is 0.126. The van der Waals surface area contributed by atoms with Crippen LogP contribution in [-0.2, 0) is 19.6 Å². The van der Waals surface area contributed by atoms with Crippen molar-refractivity contribution in [3.05, 3.63) is 53.8 Å². The number of sulfonamides is 1. The number of carbonyl (C=O) groups is 1. The number of benzene rings is 2. The highest BCUT2D eigenvalue weighted by Gasteiger charge is 2.25. The number of methoxy groups -OCH3 is 3. The molecule has 0 saturated heterocycles. The van der Waals surface area contributed by atoms with E-state index in [-0.39, 0.29) is 11.3 Å². The lowest BCUT2D eigenvalue weighted by Crippen LogP contribution is -2.30. The van der Waals surface area contributed by atoms with Crippen LogP contribution in [-0.4, -0.2) is 35.7 Å². The Kier molecular flexibility index (Phi) is 6.75. The van der Waals surface area contributed by atoms with Crippen molar-refractivity contribution in [1.82, 2.24) is 4.72 Å². The van der Waals surface area contributed by atoms with Gasteiger partial charge in [-0.25, -0.2) is 17.5 Å². The van der Waals surface area contributed by atoms with E-state index in [0.717, 1.165) is 24.3 Å². The first kappa shape index (κ1) is 20.7. The summed E-state index contributed by atoms with van der Waals surface area (Å²) in [5.41, 5.74) is 0.476. The Morgan fingerprint density at radius 1 is 1.04 bits per heavy atom. The number of carbonyl (C=O) groups excluding carboxylic acids is 1. The second kappa shape index (κ2) is 8.83. The Bertz CT molecular complexity index is 899. The summed E-state index contributed by atoms with van der Waals surface area (Å²) in [7, 11) is 0.118. The standard InChI is InChI=1S/C18H20FNO6S/c1-24-16-9-4-12(10-17(16)25-2)15(11-18(21)26-3)20-27(22,23)14-7-5-13(19)6-8-14/h4-10,15,20H,11H2,1-3H3/t15-/m1/s1. The first-order valence-electron chi connectivity index (χ1n) is 7.87. The molecule has 9 heteroatoms. The lowest BCUT2D eigenvalue weighted by Gasteiger charge is -2.19. The van der Waals surface area contributed by atoms with E-state index in [1.54, 1.807) is 18.2 Å². The largest absolute Gasteiger partial charge is 0.493 e. The fourth-order valence-corrected chi connectivity index (χ4v) is 3.64. The molecule has 146 valence electrons. The summed E-state index contributed by atoms with van der Waals surface area (Å²) in [5.74, 6) is -0.318. The summed E-state index contributed by atoms with van der Waals surface area (Å²) in [6, 6.07) is 8.22. The van der Waals surface area contributed by atoms with Gasteiger partial charge in [0.25, 0.3) is 0 Å². The Hall–Kier alpha value is -2.65. The molecular formula is C18H20FNO6S. The molecule has 0 heterocycles. The van der Waals surface area contributed by atoms with Gasteiger partial charge in [-0.1, -0.05) is 6.07 Å². The van der Waals surface area contributed by atoms with Crippen LogP contribution < -0.4 is 14.2 Å². The molecule has 0 radical (unpaired) electrons. The van der Waals surface area contributed by atoms with E-state index in [0.29, 0.717) is 17.1 Å². The number of hydrogen-bond donors (Lipinski definition) is 1. The molecule has 7 nitrogen and oxygen atoms in total. The maximum atomic E-state index is 13.1. The van der Waals surface area contributed by atoms with Crippen LogP contribution in [0.15, 0.2) is 47.4 Å². The molecule has 0 unspecified atom stereocenters. The van der Waals surface area contributed by atoms with E-state index in [9.17, 15) is 17.6 Å². The first-order valence-corrected chi connectivity index (χ1v) is 9.35. The Labute approximate surface area is 157 Å². The Balaban J connectivity index is 2.40. The van der Waals surface area contributed by atoms with Gasteiger partial charge in [-0.05, 0) is 42.0 Å². The molecule has 0 aliphatic carbocycles. The van der Waals surface area contributed by atoms with Crippen LogP contribution >= 0.6 is 0 Å². The highest BCUT2D eigenvalue weighted by molar-refractivity contribution is 7.89. The number of nitrogens with one attached hydrogen (secondary N) is 1. The average molecular weight is 397 g/mol. The van der Waals surface area contributed by atoms with Crippen LogP contribution in [0, 0.1) is 5.82 Å². The van der Waals surface area contributed by atoms with E-state index >= 15 is 0 Å². The molecule has 2 rings (SSSR count). The topological polar surface area (TPSA) is 90.9 Å². The van der Waals surface area contributed by atoms with Crippen molar-refractivity contribution >= 4 is 16.0 Å². The predicted molar refractivity (Wildman–Crippen MR) is 95.6 cm³/mol. The van der Waals surface area contributed by atoms with Crippen molar-refractivity contribution in [2.45, 2.75) is 17.4 Å². The van der Waals surface area contributed by atoms with Crippen LogP contribution in [0.4, 0.5) is 4.39 Å². The molecule has 2 aromatic rings. The zero-order valence-corrected chi connectivity index (χ0v) is 15.9. The van der Waals surface area contributed by atoms with Gasteiger partial charge in [-0.15, -0.1) is 0 Å². The molecule has 0 fully saturated rings. The SMILES string of the molecule is COC(=O)C[C@@H](NS(=O)(=O)c1ccc(F)cc1)c1ccc(OC)c(OC)c1. The number of rotatable bonds is 8. The lowest BCUT2D eigenvalue weighted by atomic mass is 10.0. The summed E-state index contributed by atoms with van der Waals surface area (Å²) in [5, 5.41) is 0. The molecule has 0 amide bonds. The molecule has 0 bridgehead atoms. The molecule has 2 aromatic carbocycles. The van der Waals surface area contributed by atoms with Crippen molar-refractivity contribution in [3.63, 3.8) is 0 Å². The quantitative estimate of drug-likeness (QED) is 0.688. The molecule has 27 heavy (non-hydrogen) atoms. The zero-order valence-electron chi connectivity index (χ0n) is 15.1. The first-order chi connectivity index (χ1) is 12.8. The molecular weight excluding hydrogens is 377 g/mol. The van der Waals surface area contributed by atoms with E-state index < -0.39 is 27.9 Å². The summed E-state index contributed by atoms with van der Waals surface area (Å²) < 4.78 is 55.8. The van der Waals surface area contributed by atoms with Gasteiger partial charge >= 0.3 is 5.97 Å². The fourth-order valence-electron chi connectivity index (χ4n) is 2.42. The molecule has 1 N–H and O–H groups in total. The zero-order chi connectivity index (χ0) is 20.0. The van der Waals surface area contributed by atoms with E-state index in [1.807, 2.05) is 0 Å². The van der Waals surface area contributed by atoms with Crippen molar-refractivity contribution < 1.29 is 31.8 Å². The third kappa shape index (κ3) is 5.18. The summed E-state index contributed by atoms with van der Waals surface area (Å²) in [6.45, 7) is 0.